The average Bonchev–Trinajstić information content (AvgIpc) is 2.18. The van der Waals surface area contributed by atoms with Crippen LogP contribution in [0.25, 0.3) is 0 Å². The second-order valence-corrected chi connectivity index (χ2v) is 3.71. The summed E-state index contributed by atoms with van der Waals surface area (Å²) in [6, 6.07) is 0.281. The lowest BCUT2D eigenvalue weighted by molar-refractivity contribution is -0.150. The Kier molecular flexibility index (Phi) is 3.46. The van der Waals surface area contributed by atoms with Gasteiger partial charge in [-0.15, -0.1) is 0 Å². The topological polar surface area (TPSA) is 61.4 Å². The van der Waals surface area contributed by atoms with Crippen molar-refractivity contribution in [2.24, 2.45) is 0 Å². The third-order valence-electron chi connectivity index (χ3n) is 2.51. The van der Waals surface area contributed by atoms with Gasteiger partial charge in [0.05, 0.1) is 0 Å². The zero-order chi connectivity index (χ0) is 10.7. The number of hydrogen-bond acceptors (Lipinski definition) is 3. The van der Waals surface area contributed by atoms with E-state index < -0.39 is 11.8 Å². The number of likely N-dealkylation sites (N-methyl/N-ethyl adjacent to an activating group) is 1. The summed E-state index contributed by atoms with van der Waals surface area (Å²) >= 11 is 0. The van der Waals surface area contributed by atoms with E-state index in [0.717, 1.165) is 0 Å². The molecule has 1 saturated heterocycles. The molecule has 14 heavy (non-hydrogen) atoms. The van der Waals surface area contributed by atoms with Gasteiger partial charge in [-0.05, 0) is 20.9 Å². The maximum atomic E-state index is 11.5. The monoisotopic (exact) mass is 199 g/mol. The van der Waals surface area contributed by atoms with Crippen LogP contribution in [0.4, 0.5) is 0 Å². The van der Waals surface area contributed by atoms with E-state index in [1.54, 1.807) is 4.90 Å². The van der Waals surface area contributed by atoms with Crippen LogP contribution in [0.1, 0.15) is 13.8 Å². The summed E-state index contributed by atoms with van der Waals surface area (Å²) < 4.78 is 0. The van der Waals surface area contributed by atoms with Gasteiger partial charge in [0, 0.05) is 25.2 Å². The minimum atomic E-state index is -0.494. The Morgan fingerprint density at radius 2 is 2.29 bits per heavy atom. The van der Waals surface area contributed by atoms with Gasteiger partial charge in [-0.1, -0.05) is 0 Å². The van der Waals surface area contributed by atoms with E-state index in [1.807, 2.05) is 20.9 Å². The molecule has 0 aromatic heterocycles. The quantitative estimate of drug-likeness (QED) is 0.570. The van der Waals surface area contributed by atoms with Gasteiger partial charge < -0.3 is 15.5 Å². The number of rotatable bonds is 3. The molecule has 0 spiro atoms. The van der Waals surface area contributed by atoms with Crippen molar-refractivity contribution in [3.05, 3.63) is 0 Å². The van der Waals surface area contributed by atoms with Crippen LogP contribution < -0.4 is 10.6 Å². The highest BCUT2D eigenvalue weighted by molar-refractivity contribution is 6.35. The van der Waals surface area contributed by atoms with E-state index in [4.69, 9.17) is 0 Å². The molecular formula is C9H17N3O2. The Bertz CT molecular complexity index is 242. The second-order valence-electron chi connectivity index (χ2n) is 3.71. The molecule has 0 bridgehead atoms. The van der Waals surface area contributed by atoms with Gasteiger partial charge in [-0.2, -0.15) is 0 Å². The molecule has 2 amide bonds. The number of carbonyl (C=O) groups is 2. The summed E-state index contributed by atoms with van der Waals surface area (Å²) in [5.74, 6) is -0.919. The first-order valence-electron chi connectivity index (χ1n) is 4.82. The number of nitrogens with zero attached hydrogens (tertiary/aromatic N) is 1. The lowest BCUT2D eigenvalue weighted by Crippen LogP contribution is -2.59. The summed E-state index contributed by atoms with van der Waals surface area (Å²) in [4.78, 5) is 24.2. The molecule has 0 radical (unpaired) electrons. The fourth-order valence-corrected chi connectivity index (χ4v) is 1.41. The molecule has 1 rings (SSSR count). The van der Waals surface area contributed by atoms with Crippen molar-refractivity contribution in [1.29, 1.82) is 0 Å². The molecule has 0 aromatic carbocycles. The van der Waals surface area contributed by atoms with Crippen LogP contribution in [0.15, 0.2) is 0 Å². The average molecular weight is 199 g/mol. The number of amides is 2. The van der Waals surface area contributed by atoms with Crippen molar-refractivity contribution in [2.75, 3.05) is 20.1 Å². The lowest BCUT2D eigenvalue weighted by atomic mass is 10.2. The molecule has 1 fully saturated rings. The van der Waals surface area contributed by atoms with Gasteiger partial charge in [0.25, 0.3) is 0 Å². The molecule has 2 atom stereocenters. The number of carbonyl (C=O) groups excluding carboxylic acids is 2. The van der Waals surface area contributed by atoms with E-state index in [1.165, 1.54) is 0 Å². The third kappa shape index (κ3) is 2.23. The highest BCUT2D eigenvalue weighted by atomic mass is 16.2. The van der Waals surface area contributed by atoms with Crippen LogP contribution in [0.5, 0.6) is 0 Å². The minimum absolute atomic E-state index is 0.0796. The predicted octanol–water partition coefficient (Wildman–Crippen LogP) is -1.06. The molecule has 5 nitrogen and oxygen atoms in total. The van der Waals surface area contributed by atoms with Crippen LogP contribution >= 0.6 is 0 Å². The molecule has 0 saturated carbocycles. The van der Waals surface area contributed by atoms with Gasteiger partial charge in [0.1, 0.15) is 0 Å². The summed E-state index contributed by atoms with van der Waals surface area (Å²) in [6.45, 7) is 5.02. The minimum Gasteiger partial charge on any atom is -0.346 e. The summed E-state index contributed by atoms with van der Waals surface area (Å²) in [5, 5.41) is 5.59. The molecule has 0 aliphatic carbocycles. The van der Waals surface area contributed by atoms with Crippen molar-refractivity contribution in [1.82, 2.24) is 15.5 Å². The molecule has 1 heterocycles. The van der Waals surface area contributed by atoms with Crippen LogP contribution in [0, 0.1) is 0 Å². The van der Waals surface area contributed by atoms with Crippen molar-refractivity contribution < 1.29 is 9.59 Å². The standard InChI is InChI=1S/C9H17N3O2/c1-6(10-3)5-12-7(2)4-11-8(13)9(12)14/h6-7,10H,4-5H2,1-3H3,(H,11,13). The largest absolute Gasteiger partial charge is 0.346 e. The maximum absolute atomic E-state index is 11.5. The van der Waals surface area contributed by atoms with Gasteiger partial charge in [-0.25, -0.2) is 0 Å². The highest BCUT2D eigenvalue weighted by Gasteiger charge is 2.31. The molecular weight excluding hydrogens is 182 g/mol. The zero-order valence-electron chi connectivity index (χ0n) is 8.83. The van der Waals surface area contributed by atoms with Gasteiger partial charge in [-0.3, -0.25) is 9.59 Å². The molecule has 80 valence electrons. The summed E-state index contributed by atoms with van der Waals surface area (Å²) in [5.41, 5.74) is 0. The van der Waals surface area contributed by atoms with E-state index in [2.05, 4.69) is 10.6 Å². The number of piperazine rings is 1. The maximum Gasteiger partial charge on any atom is 0.312 e. The molecule has 2 N–H and O–H groups in total. The van der Waals surface area contributed by atoms with Crippen molar-refractivity contribution in [3.8, 4) is 0 Å². The van der Waals surface area contributed by atoms with Crippen LogP contribution in [-0.4, -0.2) is 48.9 Å². The first-order chi connectivity index (χ1) is 6.56. The van der Waals surface area contributed by atoms with Crippen molar-refractivity contribution in [3.63, 3.8) is 0 Å². The SMILES string of the molecule is CNC(C)CN1C(=O)C(=O)NCC1C. The Hall–Kier alpha value is -1.10. The third-order valence-corrected chi connectivity index (χ3v) is 2.51. The van der Waals surface area contributed by atoms with E-state index >= 15 is 0 Å². The molecule has 5 heteroatoms. The van der Waals surface area contributed by atoms with Crippen LogP contribution in [-0.2, 0) is 9.59 Å². The fraction of sp³-hybridized carbons (Fsp3) is 0.778. The molecule has 2 unspecified atom stereocenters. The zero-order valence-corrected chi connectivity index (χ0v) is 8.83. The highest BCUT2D eigenvalue weighted by Crippen LogP contribution is 2.05. The fourth-order valence-electron chi connectivity index (χ4n) is 1.41. The summed E-state index contributed by atoms with van der Waals surface area (Å²) in [7, 11) is 1.84. The normalized spacial score (nSPS) is 24.8. The second kappa shape index (κ2) is 4.41. The summed E-state index contributed by atoms with van der Waals surface area (Å²) in [6.07, 6.45) is 0. The van der Waals surface area contributed by atoms with Crippen molar-refractivity contribution in [2.45, 2.75) is 25.9 Å². The Morgan fingerprint density at radius 1 is 1.64 bits per heavy atom. The van der Waals surface area contributed by atoms with Crippen molar-refractivity contribution >= 4 is 11.8 Å². The number of hydrogen-bond donors (Lipinski definition) is 2. The van der Waals surface area contributed by atoms with Crippen LogP contribution in [0.3, 0.4) is 0 Å². The Balaban J connectivity index is 2.63. The van der Waals surface area contributed by atoms with Gasteiger partial charge in [0.15, 0.2) is 0 Å². The predicted molar refractivity (Wildman–Crippen MR) is 52.7 cm³/mol. The first-order valence-corrected chi connectivity index (χ1v) is 4.82. The van der Waals surface area contributed by atoms with Gasteiger partial charge in [0.2, 0.25) is 0 Å². The molecule has 0 aromatic rings. The van der Waals surface area contributed by atoms with Crippen LogP contribution in [0.2, 0.25) is 0 Å². The number of nitrogens with one attached hydrogen (secondary N) is 2. The smallest absolute Gasteiger partial charge is 0.312 e. The molecule has 1 aliphatic rings. The van der Waals surface area contributed by atoms with E-state index in [0.29, 0.717) is 13.1 Å². The first kappa shape index (κ1) is 11.0. The Labute approximate surface area is 83.8 Å². The van der Waals surface area contributed by atoms with E-state index in [9.17, 15) is 9.59 Å². The molecule has 1 aliphatic heterocycles. The van der Waals surface area contributed by atoms with Gasteiger partial charge >= 0.3 is 11.8 Å². The van der Waals surface area contributed by atoms with E-state index in [-0.39, 0.29) is 12.1 Å². The Morgan fingerprint density at radius 3 is 2.86 bits per heavy atom. The lowest BCUT2D eigenvalue weighted by Gasteiger charge is -2.34.